The predicted molar refractivity (Wildman–Crippen MR) is 86.0 cm³/mol. The van der Waals surface area contributed by atoms with Crippen LogP contribution in [0.15, 0.2) is 36.9 Å². The fraction of sp³-hybridized carbons (Fsp3) is 0.400. The lowest BCUT2D eigenvalue weighted by Gasteiger charge is -2.11. The third-order valence-corrected chi connectivity index (χ3v) is 2.57. The van der Waals surface area contributed by atoms with Crippen LogP contribution in [0.2, 0.25) is 0 Å². The Morgan fingerprint density at radius 3 is 2.86 bits per heavy atom. The van der Waals surface area contributed by atoms with E-state index in [1.165, 1.54) is 0 Å². The number of rotatable bonds is 10. The molecule has 2 N–H and O–H groups in total. The molecule has 6 heteroatoms. The fourth-order valence-corrected chi connectivity index (χ4v) is 1.57. The Kier molecular flexibility index (Phi) is 11.3. The minimum Gasteiger partial charge on any atom is -0.489 e. The van der Waals surface area contributed by atoms with Crippen LogP contribution in [0.5, 0.6) is 5.75 Å². The molecule has 0 atom stereocenters. The summed E-state index contributed by atoms with van der Waals surface area (Å²) < 4.78 is 10.4. The fourth-order valence-electron chi connectivity index (χ4n) is 1.57. The Balaban J connectivity index is 0.00000400. The lowest BCUT2D eigenvalue weighted by atomic mass is 10.2. The highest BCUT2D eigenvalue weighted by Crippen LogP contribution is 2.17. The summed E-state index contributed by atoms with van der Waals surface area (Å²) in [4.78, 5) is 11.6. The minimum absolute atomic E-state index is 0. The Bertz CT molecular complexity index is 427. The van der Waals surface area contributed by atoms with E-state index in [0.29, 0.717) is 26.3 Å². The molecule has 0 fully saturated rings. The summed E-state index contributed by atoms with van der Waals surface area (Å²) in [6.07, 6.45) is 1.69. The molecule has 0 aliphatic rings. The number of halogens is 1. The second-order valence-electron chi connectivity index (χ2n) is 4.15. The van der Waals surface area contributed by atoms with Crippen molar-refractivity contribution in [3.63, 3.8) is 0 Å². The van der Waals surface area contributed by atoms with Gasteiger partial charge in [-0.25, -0.2) is 0 Å². The zero-order valence-corrected chi connectivity index (χ0v) is 13.1. The first-order chi connectivity index (χ1) is 9.77. The van der Waals surface area contributed by atoms with E-state index < -0.39 is 0 Å². The molecule has 0 aromatic heterocycles. The van der Waals surface area contributed by atoms with E-state index in [4.69, 9.17) is 9.47 Å². The summed E-state index contributed by atoms with van der Waals surface area (Å²) in [6, 6.07) is 7.62. The Labute approximate surface area is 132 Å². The molecule has 0 aliphatic carbocycles. The van der Waals surface area contributed by atoms with Gasteiger partial charge in [-0.05, 0) is 6.07 Å². The zero-order valence-electron chi connectivity index (χ0n) is 12.3. The smallest absolute Gasteiger partial charge is 0.234 e. The highest BCUT2D eigenvalue weighted by atomic mass is 35.5. The number of para-hydroxylation sites is 1. The second-order valence-corrected chi connectivity index (χ2v) is 4.15. The van der Waals surface area contributed by atoms with Gasteiger partial charge in [0, 0.05) is 25.8 Å². The van der Waals surface area contributed by atoms with E-state index >= 15 is 0 Å². The van der Waals surface area contributed by atoms with Crippen LogP contribution in [0.3, 0.4) is 0 Å². The van der Waals surface area contributed by atoms with E-state index in [1.54, 1.807) is 13.2 Å². The molecule has 0 bridgehead atoms. The lowest BCUT2D eigenvalue weighted by molar-refractivity contribution is -0.120. The molecule has 1 rings (SSSR count). The van der Waals surface area contributed by atoms with Crippen molar-refractivity contribution in [2.24, 2.45) is 0 Å². The summed E-state index contributed by atoms with van der Waals surface area (Å²) in [5.41, 5.74) is 0.944. The SMILES string of the molecule is C=CCOc1ccccc1CNC(=O)CNCCOC.Cl. The van der Waals surface area contributed by atoms with Gasteiger partial charge in [0.2, 0.25) is 5.91 Å². The zero-order chi connectivity index (χ0) is 14.6. The molecule has 1 aromatic rings. The van der Waals surface area contributed by atoms with Crippen molar-refractivity contribution < 1.29 is 14.3 Å². The molecular formula is C15H23ClN2O3. The van der Waals surface area contributed by atoms with E-state index in [-0.39, 0.29) is 24.9 Å². The van der Waals surface area contributed by atoms with Crippen LogP contribution >= 0.6 is 12.4 Å². The predicted octanol–water partition coefficient (Wildman–Crippen LogP) is 1.53. The number of nitrogens with one attached hydrogen (secondary N) is 2. The van der Waals surface area contributed by atoms with Crippen molar-refractivity contribution in [2.45, 2.75) is 6.54 Å². The van der Waals surface area contributed by atoms with Gasteiger partial charge >= 0.3 is 0 Å². The molecule has 118 valence electrons. The molecule has 0 saturated heterocycles. The number of hydrogen-bond donors (Lipinski definition) is 2. The first-order valence-electron chi connectivity index (χ1n) is 6.56. The summed E-state index contributed by atoms with van der Waals surface area (Å²) in [6.45, 7) is 6.03. The number of methoxy groups -OCH3 is 1. The van der Waals surface area contributed by atoms with Gasteiger partial charge in [0.15, 0.2) is 0 Å². The summed E-state index contributed by atoms with van der Waals surface area (Å²) in [5, 5.41) is 5.83. The molecule has 5 nitrogen and oxygen atoms in total. The molecule has 21 heavy (non-hydrogen) atoms. The number of carbonyl (C=O) groups is 1. The summed E-state index contributed by atoms with van der Waals surface area (Å²) >= 11 is 0. The van der Waals surface area contributed by atoms with Crippen molar-refractivity contribution in [2.75, 3.05) is 33.4 Å². The number of amides is 1. The normalized spacial score (nSPS) is 9.57. The van der Waals surface area contributed by atoms with Crippen molar-refractivity contribution in [1.82, 2.24) is 10.6 Å². The quantitative estimate of drug-likeness (QED) is 0.508. The van der Waals surface area contributed by atoms with Crippen molar-refractivity contribution in [3.05, 3.63) is 42.5 Å². The van der Waals surface area contributed by atoms with Crippen LogP contribution in [0.4, 0.5) is 0 Å². The first-order valence-corrected chi connectivity index (χ1v) is 6.56. The lowest BCUT2D eigenvalue weighted by Crippen LogP contribution is -2.34. The van der Waals surface area contributed by atoms with Crippen LogP contribution in [0.1, 0.15) is 5.56 Å². The van der Waals surface area contributed by atoms with Gasteiger partial charge in [-0.1, -0.05) is 30.9 Å². The van der Waals surface area contributed by atoms with Gasteiger partial charge in [-0.3, -0.25) is 4.79 Å². The van der Waals surface area contributed by atoms with Gasteiger partial charge in [-0.15, -0.1) is 12.4 Å². The Morgan fingerprint density at radius 2 is 2.14 bits per heavy atom. The highest BCUT2D eigenvalue weighted by molar-refractivity contribution is 5.85. The number of hydrogen-bond acceptors (Lipinski definition) is 4. The summed E-state index contributed by atoms with van der Waals surface area (Å²) in [5.74, 6) is 0.708. The third-order valence-electron chi connectivity index (χ3n) is 2.57. The molecule has 0 spiro atoms. The Hall–Kier alpha value is -1.56. The number of carbonyl (C=O) groups excluding carboxylic acids is 1. The van der Waals surface area contributed by atoms with Crippen LogP contribution in [0.25, 0.3) is 0 Å². The van der Waals surface area contributed by atoms with Crippen molar-refractivity contribution in [1.29, 1.82) is 0 Å². The number of benzene rings is 1. The van der Waals surface area contributed by atoms with E-state index in [0.717, 1.165) is 11.3 Å². The van der Waals surface area contributed by atoms with Crippen LogP contribution in [-0.4, -0.2) is 39.3 Å². The molecule has 1 aromatic carbocycles. The Morgan fingerprint density at radius 1 is 1.38 bits per heavy atom. The molecule has 0 saturated carbocycles. The largest absolute Gasteiger partial charge is 0.489 e. The second kappa shape index (κ2) is 12.2. The monoisotopic (exact) mass is 314 g/mol. The molecule has 0 heterocycles. The standard InChI is InChI=1S/C15H22N2O3.ClH/c1-3-9-20-14-7-5-4-6-13(14)11-17-15(18)12-16-8-10-19-2;/h3-7,16H,1,8-12H2,2H3,(H,17,18);1H. The average Bonchev–Trinajstić information content (AvgIpc) is 2.48. The summed E-state index contributed by atoms with van der Waals surface area (Å²) in [7, 11) is 1.63. The maximum atomic E-state index is 11.6. The molecule has 0 unspecified atom stereocenters. The molecular weight excluding hydrogens is 292 g/mol. The van der Waals surface area contributed by atoms with Crippen molar-refractivity contribution in [3.8, 4) is 5.75 Å². The molecule has 0 aliphatic heterocycles. The first kappa shape index (κ1) is 19.4. The number of ether oxygens (including phenoxy) is 2. The average molecular weight is 315 g/mol. The van der Waals surface area contributed by atoms with Crippen LogP contribution in [0, 0.1) is 0 Å². The van der Waals surface area contributed by atoms with Gasteiger partial charge in [0.05, 0.1) is 13.2 Å². The maximum Gasteiger partial charge on any atom is 0.234 e. The van der Waals surface area contributed by atoms with Gasteiger partial charge in [0.1, 0.15) is 12.4 Å². The van der Waals surface area contributed by atoms with E-state index in [9.17, 15) is 4.79 Å². The molecule has 0 radical (unpaired) electrons. The van der Waals surface area contributed by atoms with Crippen LogP contribution in [-0.2, 0) is 16.1 Å². The maximum absolute atomic E-state index is 11.6. The van der Waals surface area contributed by atoms with Gasteiger partial charge < -0.3 is 20.1 Å². The van der Waals surface area contributed by atoms with Crippen molar-refractivity contribution >= 4 is 18.3 Å². The molecule has 1 amide bonds. The van der Waals surface area contributed by atoms with Gasteiger partial charge in [-0.2, -0.15) is 0 Å². The van der Waals surface area contributed by atoms with E-state index in [2.05, 4.69) is 17.2 Å². The van der Waals surface area contributed by atoms with Gasteiger partial charge in [0.25, 0.3) is 0 Å². The minimum atomic E-state index is -0.0559. The highest BCUT2D eigenvalue weighted by Gasteiger charge is 2.05. The van der Waals surface area contributed by atoms with Crippen LogP contribution < -0.4 is 15.4 Å². The third kappa shape index (κ3) is 8.34. The topological polar surface area (TPSA) is 59.6 Å². The van der Waals surface area contributed by atoms with E-state index in [1.807, 2.05) is 24.3 Å².